The Morgan fingerprint density at radius 2 is 1.92 bits per heavy atom. The van der Waals surface area contributed by atoms with Crippen molar-refractivity contribution in [2.75, 3.05) is 11.2 Å². The third kappa shape index (κ3) is 3.85. The maximum atomic E-state index is 12.2. The maximum Gasteiger partial charge on any atom is 0.413 e. The molecule has 0 radical (unpaired) electrons. The van der Waals surface area contributed by atoms with Gasteiger partial charge in [-0.1, -0.05) is 30.3 Å². The van der Waals surface area contributed by atoms with Crippen molar-refractivity contribution in [1.82, 2.24) is 9.55 Å². The summed E-state index contributed by atoms with van der Waals surface area (Å²) >= 11 is 5.56. The molecule has 1 aromatic carbocycles. The molecule has 2 N–H and O–H groups in total. The van der Waals surface area contributed by atoms with E-state index in [1.165, 1.54) is 4.57 Å². The molecule has 1 amide bonds. The average Bonchev–Trinajstić information content (AvgIpc) is 3.45. The third-order valence-corrected chi connectivity index (χ3v) is 4.13. The number of carbonyl (C=O) groups is 2. The number of hydrogen-bond acceptors (Lipinski definition) is 5. The van der Waals surface area contributed by atoms with E-state index < -0.39 is 29.0 Å². The van der Waals surface area contributed by atoms with Crippen LogP contribution >= 0.6 is 11.6 Å². The predicted molar refractivity (Wildman–Crippen MR) is 94.9 cm³/mol. The summed E-state index contributed by atoms with van der Waals surface area (Å²) in [5.74, 6) is -1.33. The largest absolute Gasteiger partial charge is 0.444 e. The number of benzene rings is 1. The summed E-state index contributed by atoms with van der Waals surface area (Å²) in [4.78, 5) is 50.5. The summed E-state index contributed by atoms with van der Waals surface area (Å²) in [6.45, 7) is 0.00229. The number of carbonyl (C=O) groups excluding carboxylic acids is 2. The lowest BCUT2D eigenvalue weighted by atomic mass is 10.2. The normalized spacial score (nSPS) is 13.3. The third-order valence-electron chi connectivity index (χ3n) is 3.89. The summed E-state index contributed by atoms with van der Waals surface area (Å²) in [5.41, 5.74) is -1.17. The summed E-state index contributed by atoms with van der Waals surface area (Å²) in [5, 5.41) is 2.37. The number of aromatic amines is 1. The highest BCUT2D eigenvalue weighted by Gasteiger charge is 2.31. The van der Waals surface area contributed by atoms with Crippen molar-refractivity contribution >= 4 is 29.3 Å². The van der Waals surface area contributed by atoms with Gasteiger partial charge in [0.2, 0.25) is 0 Å². The lowest BCUT2D eigenvalue weighted by Crippen LogP contribution is -2.37. The topological polar surface area (TPSA) is 110 Å². The predicted octanol–water partition coefficient (Wildman–Crippen LogP) is 2.04. The molecule has 26 heavy (non-hydrogen) atoms. The van der Waals surface area contributed by atoms with Crippen LogP contribution in [-0.2, 0) is 11.3 Å². The average molecular weight is 378 g/mol. The number of aromatic nitrogens is 2. The second kappa shape index (κ2) is 7.57. The number of H-pyrrole nitrogens is 1. The molecule has 0 unspecified atom stereocenters. The highest BCUT2D eigenvalue weighted by atomic mass is 35.5. The molecule has 3 rings (SSSR count). The minimum Gasteiger partial charge on any atom is -0.444 e. The van der Waals surface area contributed by atoms with Gasteiger partial charge in [0.25, 0.3) is 5.56 Å². The van der Waals surface area contributed by atoms with Gasteiger partial charge in [-0.25, -0.2) is 9.59 Å². The Morgan fingerprint density at radius 1 is 1.23 bits per heavy atom. The van der Waals surface area contributed by atoms with E-state index in [-0.39, 0.29) is 24.0 Å². The van der Waals surface area contributed by atoms with E-state index in [4.69, 9.17) is 16.3 Å². The van der Waals surface area contributed by atoms with E-state index in [0.717, 1.165) is 5.56 Å². The number of nitrogens with one attached hydrogen (secondary N) is 2. The van der Waals surface area contributed by atoms with Crippen LogP contribution in [0.15, 0.2) is 39.9 Å². The zero-order valence-corrected chi connectivity index (χ0v) is 14.4. The smallest absolute Gasteiger partial charge is 0.413 e. The first kappa shape index (κ1) is 17.9. The van der Waals surface area contributed by atoms with Crippen molar-refractivity contribution in [3.05, 3.63) is 62.3 Å². The number of amides is 1. The Balaban J connectivity index is 1.89. The van der Waals surface area contributed by atoms with Crippen LogP contribution in [0.1, 0.15) is 34.8 Å². The Kier molecular flexibility index (Phi) is 5.22. The van der Waals surface area contributed by atoms with Crippen molar-refractivity contribution in [2.45, 2.75) is 25.5 Å². The molecular formula is C17H16ClN3O5. The van der Waals surface area contributed by atoms with Crippen LogP contribution in [0.2, 0.25) is 0 Å². The molecule has 0 spiro atoms. The van der Waals surface area contributed by atoms with Crippen molar-refractivity contribution in [3.63, 3.8) is 0 Å². The molecule has 1 fully saturated rings. The fourth-order valence-electron chi connectivity index (χ4n) is 2.53. The van der Waals surface area contributed by atoms with Crippen LogP contribution in [0.4, 0.5) is 10.6 Å². The van der Waals surface area contributed by atoms with Gasteiger partial charge in [-0.2, -0.15) is 0 Å². The van der Waals surface area contributed by atoms with Crippen LogP contribution in [0, 0.1) is 0 Å². The van der Waals surface area contributed by atoms with E-state index in [2.05, 4.69) is 10.3 Å². The number of ether oxygens (including phenoxy) is 1. The van der Waals surface area contributed by atoms with E-state index >= 15 is 0 Å². The van der Waals surface area contributed by atoms with Gasteiger partial charge in [-0.15, -0.1) is 11.6 Å². The number of anilines is 1. The monoisotopic (exact) mass is 377 g/mol. The van der Waals surface area contributed by atoms with Gasteiger partial charge < -0.3 is 4.74 Å². The fourth-order valence-corrected chi connectivity index (χ4v) is 2.67. The van der Waals surface area contributed by atoms with Crippen molar-refractivity contribution in [2.24, 2.45) is 0 Å². The lowest BCUT2D eigenvalue weighted by Gasteiger charge is -2.15. The summed E-state index contributed by atoms with van der Waals surface area (Å²) < 4.78 is 6.31. The number of alkyl halides is 1. The van der Waals surface area contributed by atoms with Gasteiger partial charge in [0.1, 0.15) is 18.0 Å². The molecule has 1 aliphatic carbocycles. The number of Topliss-reactive ketones (excluding diaryl/α,β-unsaturated/α-hetero) is 1. The fraction of sp³-hybridized carbons (Fsp3) is 0.294. The molecule has 0 saturated heterocycles. The van der Waals surface area contributed by atoms with Crippen LogP contribution in [0.25, 0.3) is 0 Å². The summed E-state index contributed by atoms with van der Waals surface area (Å²) in [6, 6.07) is 8.81. The van der Waals surface area contributed by atoms with Crippen LogP contribution in [-0.4, -0.2) is 27.3 Å². The number of rotatable bonds is 6. The molecule has 8 nitrogen and oxygen atoms in total. The summed E-state index contributed by atoms with van der Waals surface area (Å²) in [7, 11) is 0. The molecule has 0 atom stereocenters. The van der Waals surface area contributed by atoms with Gasteiger partial charge >= 0.3 is 11.8 Å². The zero-order valence-electron chi connectivity index (χ0n) is 13.7. The van der Waals surface area contributed by atoms with Gasteiger partial charge in [-0.05, 0) is 18.4 Å². The van der Waals surface area contributed by atoms with Gasteiger partial charge in [0, 0.05) is 6.04 Å². The van der Waals surface area contributed by atoms with Crippen molar-refractivity contribution < 1.29 is 14.3 Å². The Morgan fingerprint density at radius 3 is 2.54 bits per heavy atom. The molecule has 0 aliphatic heterocycles. The minimum absolute atomic E-state index is 0.00229. The zero-order chi connectivity index (χ0) is 18.7. The van der Waals surface area contributed by atoms with Crippen molar-refractivity contribution in [3.8, 4) is 0 Å². The second-order valence-electron chi connectivity index (χ2n) is 5.83. The van der Waals surface area contributed by atoms with Crippen LogP contribution < -0.4 is 16.6 Å². The van der Waals surface area contributed by atoms with E-state index in [1.807, 2.05) is 6.07 Å². The number of ketones is 1. The standard InChI is InChI=1S/C17H16ClN3O5/c18-8-12(22)13-14(21(11-6-7-11)16(24)20-15(13)23)19-17(25)26-9-10-4-2-1-3-5-10/h1-5,11H,6-9H2,(H,19,25)(H,20,23,24). The van der Waals surface area contributed by atoms with E-state index in [0.29, 0.717) is 12.8 Å². The Hall–Kier alpha value is -2.87. The highest BCUT2D eigenvalue weighted by molar-refractivity contribution is 6.31. The molecule has 9 heteroatoms. The number of hydrogen-bond donors (Lipinski definition) is 2. The van der Waals surface area contributed by atoms with E-state index in [1.54, 1.807) is 24.3 Å². The summed E-state index contributed by atoms with van der Waals surface area (Å²) in [6.07, 6.45) is 0.527. The molecule has 0 bridgehead atoms. The molecule has 1 saturated carbocycles. The number of nitrogens with zero attached hydrogens (tertiary/aromatic N) is 1. The van der Waals surface area contributed by atoms with Crippen molar-refractivity contribution in [1.29, 1.82) is 0 Å². The molecule has 136 valence electrons. The Labute approximate surface area is 152 Å². The van der Waals surface area contributed by atoms with Gasteiger partial charge in [0.15, 0.2) is 5.78 Å². The highest BCUT2D eigenvalue weighted by Crippen LogP contribution is 2.36. The van der Waals surface area contributed by atoms with E-state index in [9.17, 15) is 19.2 Å². The molecule has 2 aromatic rings. The van der Waals surface area contributed by atoms with Crippen LogP contribution in [0.5, 0.6) is 0 Å². The maximum absolute atomic E-state index is 12.2. The lowest BCUT2D eigenvalue weighted by molar-refractivity contribution is 0.101. The minimum atomic E-state index is -0.893. The van der Waals surface area contributed by atoms with Gasteiger partial charge in [0.05, 0.1) is 5.88 Å². The van der Waals surface area contributed by atoms with Gasteiger partial charge in [-0.3, -0.25) is 24.5 Å². The molecular weight excluding hydrogens is 362 g/mol. The second-order valence-corrected chi connectivity index (χ2v) is 6.09. The number of halogens is 1. The SMILES string of the molecule is O=C(Nc1c(C(=O)CCl)c(=O)[nH]c(=O)n1C1CC1)OCc1ccccc1. The molecule has 1 heterocycles. The molecule has 1 aromatic heterocycles. The van der Waals surface area contributed by atoms with Crippen LogP contribution in [0.3, 0.4) is 0 Å². The quantitative estimate of drug-likeness (QED) is 0.591. The molecule has 1 aliphatic rings. The Bertz CT molecular complexity index is 947. The first-order chi connectivity index (χ1) is 12.5. The first-order valence-corrected chi connectivity index (χ1v) is 8.50. The first-order valence-electron chi connectivity index (χ1n) is 7.97.